The maximum atomic E-state index is 12.1. The molecule has 1 saturated heterocycles. The average Bonchev–Trinajstić information content (AvgIpc) is 3.12. The lowest BCUT2D eigenvalue weighted by Crippen LogP contribution is -2.50. The number of ether oxygens (including phenoxy) is 1. The van der Waals surface area contributed by atoms with Gasteiger partial charge in [0.05, 0.1) is 12.7 Å². The number of methoxy groups -OCH3 is 1. The van der Waals surface area contributed by atoms with E-state index < -0.39 is 0 Å². The zero-order valence-corrected chi connectivity index (χ0v) is 18.5. The van der Waals surface area contributed by atoms with Gasteiger partial charge >= 0.3 is 5.97 Å². The zero-order valence-electron chi connectivity index (χ0n) is 16.9. The van der Waals surface area contributed by atoms with Crippen LogP contribution in [0.2, 0.25) is 0 Å². The third kappa shape index (κ3) is 4.31. The van der Waals surface area contributed by atoms with Crippen molar-refractivity contribution in [2.45, 2.75) is 27.2 Å². The maximum Gasteiger partial charge on any atom is 0.340 e. The molecule has 0 radical (unpaired) electrons. The summed E-state index contributed by atoms with van der Waals surface area (Å²) in [7, 11) is 1.40. The van der Waals surface area contributed by atoms with Crippen LogP contribution in [0.25, 0.3) is 0 Å². The van der Waals surface area contributed by atoms with E-state index in [1.54, 1.807) is 11.3 Å². The Labute approximate surface area is 176 Å². The molecule has 0 amide bonds. The molecule has 1 aliphatic rings. The van der Waals surface area contributed by atoms with Crippen molar-refractivity contribution in [2.24, 2.45) is 0 Å². The largest absolute Gasteiger partial charge is 0.465 e. The zero-order chi connectivity index (χ0) is 20.3. The number of hydrogen-bond acceptors (Lipinski definition) is 5. The molecular formula is C21H27N3O2S2. The van der Waals surface area contributed by atoms with Crippen molar-refractivity contribution in [1.82, 2.24) is 4.90 Å². The van der Waals surface area contributed by atoms with Gasteiger partial charge in [-0.25, -0.2) is 4.79 Å². The molecule has 0 unspecified atom stereocenters. The number of rotatable bonds is 4. The Morgan fingerprint density at radius 2 is 1.96 bits per heavy atom. The van der Waals surface area contributed by atoms with Crippen molar-refractivity contribution in [2.75, 3.05) is 43.5 Å². The monoisotopic (exact) mass is 417 g/mol. The minimum Gasteiger partial charge on any atom is -0.465 e. The molecule has 0 spiro atoms. The summed E-state index contributed by atoms with van der Waals surface area (Å²) in [5.74, 6) is -0.332. The summed E-state index contributed by atoms with van der Waals surface area (Å²) in [4.78, 5) is 17.8. The van der Waals surface area contributed by atoms with Gasteiger partial charge in [-0.3, -0.25) is 0 Å². The second kappa shape index (κ2) is 8.92. The van der Waals surface area contributed by atoms with E-state index in [0.29, 0.717) is 10.7 Å². The molecule has 3 rings (SSSR count). The van der Waals surface area contributed by atoms with Crippen LogP contribution in [0.5, 0.6) is 0 Å². The van der Waals surface area contributed by atoms with Gasteiger partial charge in [-0.05, 0) is 55.7 Å². The molecule has 0 aliphatic carbocycles. The summed E-state index contributed by atoms with van der Waals surface area (Å²) in [5.41, 5.74) is 4.51. The van der Waals surface area contributed by atoms with E-state index in [9.17, 15) is 4.79 Å². The SMILES string of the molecule is CCc1cc(C(=O)OC)c(NC(=S)N2CCN(c3cccc(C)c3C)CC2)s1. The number of hydrogen-bond donors (Lipinski definition) is 1. The lowest BCUT2D eigenvalue weighted by molar-refractivity contribution is 0.0602. The fourth-order valence-corrected chi connectivity index (χ4v) is 4.71. The molecule has 28 heavy (non-hydrogen) atoms. The molecule has 0 saturated carbocycles. The smallest absolute Gasteiger partial charge is 0.340 e. The van der Waals surface area contributed by atoms with Gasteiger partial charge in [0.2, 0.25) is 0 Å². The summed E-state index contributed by atoms with van der Waals surface area (Å²) in [6.07, 6.45) is 0.873. The molecular weight excluding hydrogens is 390 g/mol. The van der Waals surface area contributed by atoms with Gasteiger partial charge in [0.15, 0.2) is 5.11 Å². The number of aryl methyl sites for hydroxylation is 2. The van der Waals surface area contributed by atoms with Gasteiger partial charge in [0.25, 0.3) is 0 Å². The Hall–Kier alpha value is -2.12. The average molecular weight is 418 g/mol. The van der Waals surface area contributed by atoms with Crippen molar-refractivity contribution in [3.63, 3.8) is 0 Å². The molecule has 5 nitrogen and oxygen atoms in total. The molecule has 7 heteroatoms. The Balaban J connectivity index is 1.65. The highest BCUT2D eigenvalue weighted by Gasteiger charge is 2.23. The standard InChI is InChI=1S/C21H27N3O2S2/c1-5-16-13-17(20(25)26-4)19(28-16)22-21(27)24-11-9-23(10-12-24)18-8-6-7-14(2)15(18)3/h6-8,13H,5,9-12H2,1-4H3,(H,22,27). The summed E-state index contributed by atoms with van der Waals surface area (Å²) in [6.45, 7) is 9.93. The predicted molar refractivity (Wildman–Crippen MR) is 121 cm³/mol. The molecule has 1 N–H and O–H groups in total. The van der Waals surface area contributed by atoms with Gasteiger partial charge in [0.1, 0.15) is 5.00 Å². The fourth-order valence-electron chi connectivity index (χ4n) is 3.38. The van der Waals surface area contributed by atoms with Crippen LogP contribution in [0.3, 0.4) is 0 Å². The molecule has 0 bridgehead atoms. The van der Waals surface area contributed by atoms with Crippen molar-refractivity contribution in [3.05, 3.63) is 45.8 Å². The van der Waals surface area contributed by atoms with Crippen molar-refractivity contribution < 1.29 is 9.53 Å². The van der Waals surface area contributed by atoms with Gasteiger partial charge in [-0.1, -0.05) is 19.1 Å². The third-order valence-electron chi connectivity index (χ3n) is 5.24. The van der Waals surface area contributed by atoms with Crippen LogP contribution in [0.4, 0.5) is 10.7 Å². The number of anilines is 2. The summed E-state index contributed by atoms with van der Waals surface area (Å²) in [6, 6.07) is 8.35. The van der Waals surface area contributed by atoms with E-state index in [0.717, 1.165) is 42.5 Å². The van der Waals surface area contributed by atoms with Gasteiger partial charge in [0, 0.05) is 36.7 Å². The summed E-state index contributed by atoms with van der Waals surface area (Å²) < 4.78 is 4.91. The minimum absolute atomic E-state index is 0.332. The lowest BCUT2D eigenvalue weighted by Gasteiger charge is -2.38. The summed E-state index contributed by atoms with van der Waals surface area (Å²) in [5, 5.41) is 4.71. The number of benzene rings is 1. The number of nitrogens with one attached hydrogen (secondary N) is 1. The van der Waals surface area contributed by atoms with Gasteiger partial charge in [-0.2, -0.15) is 0 Å². The van der Waals surface area contributed by atoms with Crippen LogP contribution in [-0.2, 0) is 11.2 Å². The van der Waals surface area contributed by atoms with Crippen molar-refractivity contribution in [3.8, 4) is 0 Å². The van der Waals surface area contributed by atoms with Crippen LogP contribution in [0.15, 0.2) is 24.3 Å². The Morgan fingerprint density at radius 3 is 2.61 bits per heavy atom. The van der Waals surface area contributed by atoms with Crippen LogP contribution < -0.4 is 10.2 Å². The second-order valence-electron chi connectivity index (χ2n) is 6.92. The van der Waals surface area contributed by atoms with Crippen LogP contribution in [0.1, 0.15) is 33.3 Å². The number of thiocarbonyl (C=S) groups is 1. The molecule has 0 atom stereocenters. The Kier molecular flexibility index (Phi) is 6.57. The molecule has 150 valence electrons. The third-order valence-corrected chi connectivity index (χ3v) is 6.80. The first-order chi connectivity index (χ1) is 13.4. The second-order valence-corrected chi connectivity index (χ2v) is 8.45. The normalized spacial score (nSPS) is 14.1. The summed E-state index contributed by atoms with van der Waals surface area (Å²) >= 11 is 7.20. The number of esters is 1. The van der Waals surface area contributed by atoms with Crippen LogP contribution in [-0.4, -0.2) is 49.3 Å². The van der Waals surface area contributed by atoms with E-state index in [1.807, 2.05) is 6.07 Å². The Bertz CT molecular complexity index is 871. The molecule has 2 aromatic rings. The highest BCUT2D eigenvalue weighted by atomic mass is 32.1. The number of carbonyl (C=O) groups excluding carboxylic acids is 1. The Morgan fingerprint density at radius 1 is 1.25 bits per heavy atom. The lowest BCUT2D eigenvalue weighted by atomic mass is 10.1. The number of nitrogens with zero attached hydrogens (tertiary/aromatic N) is 2. The van der Waals surface area contributed by atoms with Crippen molar-refractivity contribution >= 4 is 45.3 Å². The quantitative estimate of drug-likeness (QED) is 0.593. The highest BCUT2D eigenvalue weighted by molar-refractivity contribution is 7.80. The topological polar surface area (TPSA) is 44.8 Å². The van der Waals surface area contributed by atoms with Crippen LogP contribution in [0, 0.1) is 13.8 Å². The van der Waals surface area contributed by atoms with E-state index in [1.165, 1.54) is 23.9 Å². The van der Waals surface area contributed by atoms with Gasteiger partial charge in [-0.15, -0.1) is 11.3 Å². The molecule has 1 aromatic carbocycles. The number of piperazine rings is 1. The molecule has 1 fully saturated rings. The first-order valence-corrected chi connectivity index (χ1v) is 10.7. The van der Waals surface area contributed by atoms with Crippen molar-refractivity contribution in [1.29, 1.82) is 0 Å². The van der Waals surface area contributed by atoms with E-state index in [2.05, 4.69) is 54.1 Å². The molecule has 2 heterocycles. The fraction of sp³-hybridized carbons (Fsp3) is 0.429. The van der Waals surface area contributed by atoms with E-state index >= 15 is 0 Å². The molecule has 1 aliphatic heterocycles. The van der Waals surface area contributed by atoms with Gasteiger partial charge < -0.3 is 19.9 Å². The molecule has 1 aromatic heterocycles. The van der Waals surface area contributed by atoms with Crippen LogP contribution >= 0.6 is 23.6 Å². The van der Waals surface area contributed by atoms with E-state index in [-0.39, 0.29) is 5.97 Å². The first kappa shape index (κ1) is 20.6. The maximum absolute atomic E-state index is 12.1. The minimum atomic E-state index is -0.332. The number of carbonyl (C=O) groups is 1. The number of thiophene rings is 1. The highest BCUT2D eigenvalue weighted by Crippen LogP contribution is 2.30. The van der Waals surface area contributed by atoms with E-state index in [4.69, 9.17) is 17.0 Å². The first-order valence-electron chi connectivity index (χ1n) is 9.52. The predicted octanol–water partition coefficient (Wildman–Crippen LogP) is 4.23.